The Bertz CT molecular complexity index is 349. The number of nitrogens with zero attached hydrogens (tertiary/aromatic N) is 1. The number of hydrogen-bond donors (Lipinski definition) is 1. The molecule has 94 valence electrons. The molecule has 2 nitrogen and oxygen atoms in total. The van der Waals surface area contributed by atoms with Gasteiger partial charge in [-0.25, -0.2) is 0 Å². The molecule has 1 unspecified atom stereocenters. The molecule has 0 aromatic carbocycles. The van der Waals surface area contributed by atoms with Gasteiger partial charge in [0, 0.05) is 17.4 Å². The topological polar surface area (TPSA) is 24.9 Å². The van der Waals surface area contributed by atoms with Crippen LogP contribution in [0.2, 0.25) is 0 Å². The number of hydrogen-bond acceptors (Lipinski definition) is 2. The third kappa shape index (κ3) is 3.06. The van der Waals surface area contributed by atoms with Gasteiger partial charge in [0.15, 0.2) is 0 Å². The smallest absolute Gasteiger partial charge is 0.0379 e. The van der Waals surface area contributed by atoms with Crippen molar-refractivity contribution < 1.29 is 0 Å². The molecular formula is C15H24N2. The van der Waals surface area contributed by atoms with E-state index in [-0.39, 0.29) is 0 Å². The normalized spacial score (nSPS) is 17.8. The second kappa shape index (κ2) is 5.63. The van der Waals surface area contributed by atoms with Gasteiger partial charge in [-0.3, -0.25) is 4.98 Å². The van der Waals surface area contributed by atoms with E-state index in [0.29, 0.717) is 6.04 Å². The van der Waals surface area contributed by atoms with Crippen LogP contribution in [0.3, 0.4) is 0 Å². The lowest BCUT2D eigenvalue weighted by molar-refractivity contribution is 0.231. The Morgan fingerprint density at radius 1 is 1.29 bits per heavy atom. The van der Waals surface area contributed by atoms with E-state index in [9.17, 15) is 0 Å². The lowest BCUT2D eigenvalue weighted by atomic mass is 9.77. The first-order valence-corrected chi connectivity index (χ1v) is 6.89. The zero-order valence-corrected chi connectivity index (χ0v) is 11.3. The summed E-state index contributed by atoms with van der Waals surface area (Å²) in [6.07, 6.45) is 5.36. The molecule has 1 fully saturated rings. The molecule has 17 heavy (non-hydrogen) atoms. The second-order valence-electron chi connectivity index (χ2n) is 5.31. The van der Waals surface area contributed by atoms with Crippen molar-refractivity contribution in [2.45, 2.75) is 52.5 Å². The Morgan fingerprint density at radius 2 is 1.94 bits per heavy atom. The highest BCUT2D eigenvalue weighted by Crippen LogP contribution is 2.37. The van der Waals surface area contributed by atoms with Gasteiger partial charge >= 0.3 is 0 Å². The van der Waals surface area contributed by atoms with Crippen LogP contribution in [0.5, 0.6) is 0 Å². The quantitative estimate of drug-likeness (QED) is 0.840. The zero-order chi connectivity index (χ0) is 12.3. The third-order valence-electron chi connectivity index (χ3n) is 3.70. The van der Waals surface area contributed by atoms with Gasteiger partial charge in [0.05, 0.1) is 0 Å². The molecule has 0 saturated heterocycles. The van der Waals surface area contributed by atoms with Gasteiger partial charge in [-0.05, 0) is 63.3 Å². The van der Waals surface area contributed by atoms with E-state index in [1.807, 2.05) is 0 Å². The molecule has 1 heterocycles. The van der Waals surface area contributed by atoms with Crippen molar-refractivity contribution in [3.05, 3.63) is 29.1 Å². The van der Waals surface area contributed by atoms with Crippen molar-refractivity contribution in [3.8, 4) is 0 Å². The molecule has 0 aliphatic heterocycles. The summed E-state index contributed by atoms with van der Waals surface area (Å²) in [6, 6.07) is 5.04. The summed E-state index contributed by atoms with van der Waals surface area (Å²) in [4.78, 5) is 4.47. The number of rotatable bonds is 5. The molecule has 1 aliphatic rings. The Morgan fingerprint density at radius 3 is 2.41 bits per heavy atom. The van der Waals surface area contributed by atoms with Crippen LogP contribution in [-0.2, 0) is 0 Å². The largest absolute Gasteiger partial charge is 0.310 e. The maximum atomic E-state index is 4.47. The number of pyridine rings is 1. The third-order valence-corrected chi connectivity index (χ3v) is 3.70. The second-order valence-corrected chi connectivity index (χ2v) is 5.31. The van der Waals surface area contributed by atoms with Gasteiger partial charge in [-0.1, -0.05) is 13.3 Å². The standard InChI is InChI=1S/C15H24N2/c1-4-8-16-15(13-6-5-7-13)14-9-11(2)17-12(3)10-14/h9-10,13,15-16H,4-8H2,1-3H3. The Balaban J connectivity index is 2.17. The van der Waals surface area contributed by atoms with Crippen LogP contribution in [-0.4, -0.2) is 11.5 Å². The molecule has 0 bridgehead atoms. The summed E-state index contributed by atoms with van der Waals surface area (Å²) < 4.78 is 0. The van der Waals surface area contributed by atoms with Crippen LogP contribution in [0.15, 0.2) is 12.1 Å². The average Bonchev–Trinajstić information content (AvgIpc) is 2.19. The molecule has 2 heteroatoms. The maximum absolute atomic E-state index is 4.47. The fraction of sp³-hybridized carbons (Fsp3) is 0.667. The molecule has 0 amide bonds. The van der Waals surface area contributed by atoms with Crippen LogP contribution < -0.4 is 5.32 Å². The van der Waals surface area contributed by atoms with E-state index in [0.717, 1.165) is 23.9 Å². The number of aromatic nitrogens is 1. The highest BCUT2D eigenvalue weighted by molar-refractivity contribution is 5.24. The maximum Gasteiger partial charge on any atom is 0.0379 e. The van der Waals surface area contributed by atoms with Gasteiger partial charge in [0.25, 0.3) is 0 Å². The number of aryl methyl sites for hydroxylation is 2. The first-order valence-electron chi connectivity index (χ1n) is 6.89. The van der Waals surface area contributed by atoms with Crippen molar-refractivity contribution in [2.75, 3.05) is 6.54 Å². The monoisotopic (exact) mass is 232 g/mol. The molecule has 0 spiro atoms. The lowest BCUT2D eigenvalue weighted by Gasteiger charge is -2.35. The zero-order valence-electron chi connectivity index (χ0n) is 11.3. The highest BCUT2D eigenvalue weighted by atomic mass is 14.9. The van der Waals surface area contributed by atoms with Crippen LogP contribution in [0.4, 0.5) is 0 Å². The van der Waals surface area contributed by atoms with Gasteiger partial charge in [-0.15, -0.1) is 0 Å². The first-order chi connectivity index (χ1) is 8.20. The predicted octanol–water partition coefficient (Wildman–Crippen LogP) is 3.54. The van der Waals surface area contributed by atoms with Crippen molar-refractivity contribution in [3.63, 3.8) is 0 Å². The SMILES string of the molecule is CCCNC(c1cc(C)nc(C)c1)C1CCC1. The molecule has 1 N–H and O–H groups in total. The minimum atomic E-state index is 0.545. The van der Waals surface area contributed by atoms with Gasteiger partial charge < -0.3 is 5.32 Å². The van der Waals surface area contributed by atoms with Crippen molar-refractivity contribution in [2.24, 2.45) is 5.92 Å². The van der Waals surface area contributed by atoms with Crippen LogP contribution in [0, 0.1) is 19.8 Å². The van der Waals surface area contributed by atoms with Crippen molar-refractivity contribution in [1.29, 1.82) is 0 Å². The summed E-state index contributed by atoms with van der Waals surface area (Å²) in [6.45, 7) is 7.53. The van der Waals surface area contributed by atoms with Crippen molar-refractivity contribution in [1.82, 2.24) is 10.3 Å². The molecule has 1 aromatic heterocycles. The average molecular weight is 232 g/mol. The minimum absolute atomic E-state index is 0.545. The van der Waals surface area contributed by atoms with E-state index >= 15 is 0 Å². The van der Waals surface area contributed by atoms with E-state index in [2.05, 4.69) is 43.2 Å². The summed E-state index contributed by atoms with van der Waals surface area (Å²) in [5.74, 6) is 0.836. The highest BCUT2D eigenvalue weighted by Gasteiger charge is 2.28. The van der Waals surface area contributed by atoms with Crippen LogP contribution in [0.25, 0.3) is 0 Å². The molecule has 1 saturated carbocycles. The fourth-order valence-electron chi connectivity index (χ4n) is 2.68. The summed E-state index contributed by atoms with van der Waals surface area (Å²) in [5, 5.41) is 3.71. The van der Waals surface area contributed by atoms with Crippen LogP contribution in [0.1, 0.15) is 55.6 Å². The van der Waals surface area contributed by atoms with Crippen molar-refractivity contribution >= 4 is 0 Å². The summed E-state index contributed by atoms with van der Waals surface area (Å²) >= 11 is 0. The van der Waals surface area contributed by atoms with E-state index in [4.69, 9.17) is 0 Å². The molecule has 2 rings (SSSR count). The molecule has 1 aromatic rings. The predicted molar refractivity (Wildman–Crippen MR) is 72.1 cm³/mol. The summed E-state index contributed by atoms with van der Waals surface area (Å²) in [5.41, 5.74) is 3.72. The molecule has 1 aliphatic carbocycles. The van der Waals surface area contributed by atoms with Gasteiger partial charge in [0.2, 0.25) is 0 Å². The number of nitrogens with one attached hydrogen (secondary N) is 1. The lowest BCUT2D eigenvalue weighted by Crippen LogP contribution is -2.32. The van der Waals surface area contributed by atoms with Gasteiger partial charge in [0.1, 0.15) is 0 Å². The van der Waals surface area contributed by atoms with E-state index < -0.39 is 0 Å². The molecule has 0 radical (unpaired) electrons. The van der Waals surface area contributed by atoms with E-state index in [1.54, 1.807) is 0 Å². The molecule has 1 atom stereocenters. The van der Waals surface area contributed by atoms with Crippen LogP contribution >= 0.6 is 0 Å². The molecular weight excluding hydrogens is 208 g/mol. The van der Waals surface area contributed by atoms with Gasteiger partial charge in [-0.2, -0.15) is 0 Å². The van der Waals surface area contributed by atoms with E-state index in [1.165, 1.54) is 31.2 Å². The summed E-state index contributed by atoms with van der Waals surface area (Å²) in [7, 11) is 0. The fourth-order valence-corrected chi connectivity index (χ4v) is 2.68. The Hall–Kier alpha value is -0.890. The Labute approximate surface area is 105 Å². The minimum Gasteiger partial charge on any atom is -0.310 e. The first kappa shape index (κ1) is 12.6. The Kier molecular flexibility index (Phi) is 4.16.